The van der Waals surface area contributed by atoms with Crippen molar-refractivity contribution in [2.24, 2.45) is 11.8 Å². The molecule has 0 spiro atoms. The summed E-state index contributed by atoms with van der Waals surface area (Å²) in [5, 5.41) is 0. The summed E-state index contributed by atoms with van der Waals surface area (Å²) in [4.78, 5) is 3.28. The molecule has 0 aromatic carbocycles. The molecule has 0 bridgehead atoms. The summed E-state index contributed by atoms with van der Waals surface area (Å²) < 4.78 is 4.37. The van der Waals surface area contributed by atoms with Crippen molar-refractivity contribution >= 4 is 64.6 Å². The summed E-state index contributed by atoms with van der Waals surface area (Å²) in [7, 11) is -0.953. The van der Waals surface area contributed by atoms with Gasteiger partial charge in [0.25, 0.3) is 0 Å². The van der Waals surface area contributed by atoms with Crippen LogP contribution in [0.4, 0.5) is 0 Å². The SMILES string of the molecule is CCCCC(CC)CS1(CC(CC)CCCC)c2cc(Br)sc2-c2cc(Br)sc21. The third-order valence-electron chi connectivity index (χ3n) is 6.48. The van der Waals surface area contributed by atoms with Crippen molar-refractivity contribution < 1.29 is 0 Å². The van der Waals surface area contributed by atoms with Gasteiger partial charge in [-0.05, 0) is 80.2 Å². The van der Waals surface area contributed by atoms with Gasteiger partial charge in [0.2, 0.25) is 0 Å². The van der Waals surface area contributed by atoms with Crippen molar-refractivity contribution in [3.8, 4) is 10.4 Å². The molecule has 0 saturated heterocycles. The standard InChI is InChI=1S/C24H36Br2S3/c1-5-9-11-17(7-3)15-29(16-18(8-4)12-10-6-2)20-14-22(26)27-23(20)19-13-21(25)28-24(19)29/h13-14,17-18H,5-12,15-16H2,1-4H3. The monoisotopic (exact) mass is 578 g/mol. The highest BCUT2D eigenvalue weighted by molar-refractivity contribution is 9.11. The molecule has 2 aromatic rings. The van der Waals surface area contributed by atoms with E-state index in [0.717, 1.165) is 11.8 Å². The number of rotatable bonds is 12. The van der Waals surface area contributed by atoms with E-state index in [4.69, 9.17) is 0 Å². The van der Waals surface area contributed by atoms with Crippen LogP contribution in [0.3, 0.4) is 0 Å². The highest BCUT2D eigenvalue weighted by atomic mass is 79.9. The molecule has 0 fully saturated rings. The zero-order valence-electron chi connectivity index (χ0n) is 18.4. The number of fused-ring (bicyclic) bond motifs is 3. The molecular weight excluding hydrogens is 544 g/mol. The van der Waals surface area contributed by atoms with E-state index < -0.39 is 10.0 Å². The van der Waals surface area contributed by atoms with Crippen LogP contribution in [0, 0.1) is 11.8 Å². The van der Waals surface area contributed by atoms with Crippen molar-refractivity contribution in [1.29, 1.82) is 0 Å². The first kappa shape index (κ1) is 24.4. The van der Waals surface area contributed by atoms with Crippen LogP contribution in [0.2, 0.25) is 0 Å². The molecule has 164 valence electrons. The van der Waals surface area contributed by atoms with Gasteiger partial charge in [-0.25, -0.2) is 0 Å². The molecule has 2 aromatic heterocycles. The summed E-state index contributed by atoms with van der Waals surface area (Å²) in [6, 6.07) is 4.92. The quantitative estimate of drug-likeness (QED) is 0.234. The Bertz CT molecular complexity index is 726. The summed E-state index contributed by atoms with van der Waals surface area (Å²) in [5.74, 6) is 4.52. The minimum absolute atomic E-state index is 0.854. The lowest BCUT2D eigenvalue weighted by Crippen LogP contribution is -2.20. The number of hydrogen-bond acceptors (Lipinski definition) is 2. The van der Waals surface area contributed by atoms with Crippen molar-refractivity contribution in [2.45, 2.75) is 88.2 Å². The first-order valence-electron chi connectivity index (χ1n) is 11.4. The van der Waals surface area contributed by atoms with Crippen LogP contribution in [-0.2, 0) is 0 Å². The fourth-order valence-electron chi connectivity index (χ4n) is 4.72. The van der Waals surface area contributed by atoms with E-state index in [2.05, 4.69) is 71.7 Å². The lowest BCUT2D eigenvalue weighted by molar-refractivity contribution is 0.485. The second-order valence-corrected chi connectivity index (χ2v) is 16.9. The van der Waals surface area contributed by atoms with Crippen LogP contribution in [-0.4, -0.2) is 11.5 Å². The van der Waals surface area contributed by atoms with Gasteiger partial charge in [-0.2, -0.15) is 10.0 Å². The Morgan fingerprint density at radius 1 is 0.828 bits per heavy atom. The van der Waals surface area contributed by atoms with E-state index in [9.17, 15) is 0 Å². The molecular formula is C24H36Br2S3. The van der Waals surface area contributed by atoms with Crippen LogP contribution < -0.4 is 0 Å². The van der Waals surface area contributed by atoms with Crippen LogP contribution in [0.25, 0.3) is 10.4 Å². The lowest BCUT2D eigenvalue weighted by atomic mass is 10.0. The van der Waals surface area contributed by atoms with Crippen LogP contribution in [0.1, 0.15) is 79.1 Å². The third kappa shape index (κ3) is 5.21. The van der Waals surface area contributed by atoms with Crippen molar-refractivity contribution in [2.75, 3.05) is 11.5 Å². The maximum absolute atomic E-state index is 3.84. The molecule has 3 heterocycles. The number of hydrogen-bond donors (Lipinski definition) is 0. The molecule has 29 heavy (non-hydrogen) atoms. The van der Waals surface area contributed by atoms with E-state index in [1.165, 1.54) is 70.4 Å². The predicted octanol–water partition coefficient (Wildman–Crippen LogP) is 11.0. The third-order valence-corrected chi connectivity index (χ3v) is 15.1. The van der Waals surface area contributed by atoms with Gasteiger partial charge in [-0.1, -0.05) is 66.2 Å². The van der Waals surface area contributed by atoms with Gasteiger partial charge >= 0.3 is 0 Å². The van der Waals surface area contributed by atoms with Gasteiger partial charge in [0, 0.05) is 15.3 Å². The Morgan fingerprint density at radius 3 is 1.90 bits per heavy atom. The molecule has 0 aliphatic carbocycles. The average molecular weight is 581 g/mol. The van der Waals surface area contributed by atoms with E-state index in [1.807, 2.05) is 22.7 Å². The van der Waals surface area contributed by atoms with Crippen LogP contribution in [0.15, 0.2) is 28.8 Å². The van der Waals surface area contributed by atoms with E-state index >= 15 is 0 Å². The second kappa shape index (κ2) is 11.0. The van der Waals surface area contributed by atoms with Gasteiger partial charge in [0.15, 0.2) is 0 Å². The van der Waals surface area contributed by atoms with Crippen molar-refractivity contribution in [3.05, 3.63) is 19.7 Å². The van der Waals surface area contributed by atoms with E-state index in [-0.39, 0.29) is 0 Å². The van der Waals surface area contributed by atoms with Gasteiger partial charge in [-0.15, -0.1) is 22.7 Å². The highest BCUT2D eigenvalue weighted by Gasteiger charge is 2.44. The average Bonchev–Trinajstić information content (AvgIpc) is 3.34. The van der Waals surface area contributed by atoms with Gasteiger partial charge in [-0.3, -0.25) is 0 Å². The molecule has 3 rings (SSSR count). The number of halogens is 2. The summed E-state index contributed by atoms with van der Waals surface area (Å²) in [6.07, 6.45) is 10.8. The molecule has 2 unspecified atom stereocenters. The number of unbranched alkanes of at least 4 members (excludes halogenated alkanes) is 2. The Labute approximate surface area is 204 Å². The topological polar surface area (TPSA) is 0 Å². The van der Waals surface area contributed by atoms with Gasteiger partial charge in [0.1, 0.15) is 0 Å². The van der Waals surface area contributed by atoms with Crippen LogP contribution >= 0.6 is 64.6 Å². The first-order valence-corrected chi connectivity index (χ1v) is 16.6. The summed E-state index contributed by atoms with van der Waals surface area (Å²) in [5.41, 5.74) is 1.55. The summed E-state index contributed by atoms with van der Waals surface area (Å²) in [6.45, 7) is 9.52. The van der Waals surface area contributed by atoms with Crippen molar-refractivity contribution in [1.82, 2.24) is 0 Å². The molecule has 2 atom stereocenters. The lowest BCUT2D eigenvalue weighted by Gasteiger charge is -2.42. The van der Waals surface area contributed by atoms with Gasteiger partial charge < -0.3 is 0 Å². The second-order valence-electron chi connectivity index (χ2n) is 8.55. The maximum Gasteiger partial charge on any atom is 0.0716 e. The molecule has 1 aliphatic rings. The zero-order valence-corrected chi connectivity index (χ0v) is 24.0. The van der Waals surface area contributed by atoms with Gasteiger partial charge in [0.05, 0.1) is 11.8 Å². The molecule has 0 radical (unpaired) electrons. The molecule has 0 nitrogen and oxygen atoms in total. The minimum Gasteiger partial charge on any atom is -0.176 e. The Kier molecular flexibility index (Phi) is 9.26. The molecule has 5 heteroatoms. The van der Waals surface area contributed by atoms with E-state index in [0.29, 0.717) is 0 Å². The van der Waals surface area contributed by atoms with Crippen LogP contribution in [0.5, 0.6) is 0 Å². The Balaban J connectivity index is 2.06. The van der Waals surface area contributed by atoms with Crippen molar-refractivity contribution in [3.63, 3.8) is 0 Å². The Morgan fingerprint density at radius 2 is 1.38 bits per heavy atom. The van der Waals surface area contributed by atoms with E-state index in [1.54, 1.807) is 19.5 Å². The molecule has 0 saturated carbocycles. The maximum atomic E-state index is 3.84. The Hall–Kier alpha value is 0.710. The largest absolute Gasteiger partial charge is 0.176 e. The fourth-order valence-corrected chi connectivity index (χ4v) is 15.2. The summed E-state index contributed by atoms with van der Waals surface area (Å²) >= 11 is 11.7. The molecule has 0 N–H and O–H groups in total. The first-order chi connectivity index (χ1) is 14.0. The molecule has 1 aliphatic heterocycles. The minimum atomic E-state index is -0.953. The fraction of sp³-hybridized carbons (Fsp3) is 0.667. The molecule has 0 amide bonds. The zero-order chi connectivity index (χ0) is 21.0. The highest BCUT2D eigenvalue weighted by Crippen LogP contribution is 2.77. The smallest absolute Gasteiger partial charge is 0.0716 e. The predicted molar refractivity (Wildman–Crippen MR) is 144 cm³/mol. The number of thiophene rings is 2. The normalized spacial score (nSPS) is 22.1.